The van der Waals surface area contributed by atoms with E-state index < -0.39 is 10.0 Å². The Morgan fingerprint density at radius 1 is 1.20 bits per heavy atom. The maximum atomic E-state index is 12.6. The van der Waals surface area contributed by atoms with Crippen LogP contribution in [-0.4, -0.2) is 21.0 Å². The highest BCUT2D eigenvalue weighted by atomic mass is 32.2. The molecule has 0 aliphatic heterocycles. The van der Waals surface area contributed by atoms with Gasteiger partial charge in [0.1, 0.15) is 0 Å². The van der Waals surface area contributed by atoms with Gasteiger partial charge in [0.15, 0.2) is 0 Å². The number of nitrogens with one attached hydrogen (secondary N) is 1. The molecule has 1 atom stereocenters. The van der Waals surface area contributed by atoms with Crippen LogP contribution in [0.4, 0.5) is 0 Å². The molecule has 20 heavy (non-hydrogen) atoms. The molecule has 0 spiro atoms. The highest BCUT2D eigenvalue weighted by molar-refractivity contribution is 7.89. The average Bonchev–Trinajstić information content (AvgIpc) is 3.18. The molecule has 1 fully saturated rings. The number of aryl methyl sites for hydroxylation is 2. The molecule has 1 aromatic carbocycles. The summed E-state index contributed by atoms with van der Waals surface area (Å²) in [4.78, 5) is 0.415. The average molecular weight is 296 g/mol. The van der Waals surface area contributed by atoms with E-state index in [1.165, 1.54) is 0 Å². The zero-order valence-corrected chi connectivity index (χ0v) is 13.5. The number of benzene rings is 1. The Balaban J connectivity index is 2.29. The van der Waals surface area contributed by atoms with Crippen LogP contribution in [0.5, 0.6) is 0 Å². The molecule has 0 amide bonds. The van der Waals surface area contributed by atoms with Gasteiger partial charge in [-0.3, -0.25) is 0 Å². The molecule has 1 aromatic rings. The van der Waals surface area contributed by atoms with Gasteiger partial charge in [-0.1, -0.05) is 6.07 Å². The first kappa shape index (κ1) is 15.5. The van der Waals surface area contributed by atoms with Crippen LogP contribution < -0.4 is 10.5 Å². The van der Waals surface area contributed by atoms with Gasteiger partial charge in [0.25, 0.3) is 0 Å². The molecule has 0 saturated heterocycles. The lowest BCUT2D eigenvalue weighted by molar-refractivity contribution is 0.547. The van der Waals surface area contributed by atoms with Crippen LogP contribution in [0.1, 0.15) is 35.1 Å². The van der Waals surface area contributed by atoms with E-state index in [-0.39, 0.29) is 6.04 Å². The molecule has 1 aliphatic carbocycles. The highest BCUT2D eigenvalue weighted by Gasteiger charge is 2.30. The van der Waals surface area contributed by atoms with Gasteiger partial charge in [-0.25, -0.2) is 13.1 Å². The molecule has 0 bridgehead atoms. The molecule has 0 radical (unpaired) electrons. The predicted octanol–water partition coefficient (Wildman–Crippen LogP) is 1.94. The number of hydrogen-bond donors (Lipinski definition) is 2. The Hall–Kier alpha value is -0.910. The Labute approximate surface area is 121 Å². The van der Waals surface area contributed by atoms with Gasteiger partial charge < -0.3 is 5.73 Å². The van der Waals surface area contributed by atoms with Crippen LogP contribution in [0.25, 0.3) is 0 Å². The first-order valence-electron chi connectivity index (χ1n) is 7.06. The Morgan fingerprint density at radius 2 is 1.70 bits per heavy atom. The molecule has 1 aliphatic rings. The summed E-state index contributed by atoms with van der Waals surface area (Å²) >= 11 is 0. The standard InChI is InChI=1S/C15H24N2O2S/c1-9-7-10(2)12(4)15(11(9)3)20(18,19)17-8-14(16)13-5-6-13/h7,13-14,17H,5-6,8,16H2,1-4H3. The second-order valence-electron chi connectivity index (χ2n) is 5.94. The van der Waals surface area contributed by atoms with E-state index in [0.29, 0.717) is 17.4 Å². The lowest BCUT2D eigenvalue weighted by Gasteiger charge is -2.17. The zero-order chi connectivity index (χ0) is 15.1. The monoisotopic (exact) mass is 296 g/mol. The van der Waals surface area contributed by atoms with Crippen LogP contribution in [-0.2, 0) is 10.0 Å². The van der Waals surface area contributed by atoms with Gasteiger partial charge >= 0.3 is 0 Å². The molecule has 3 N–H and O–H groups in total. The summed E-state index contributed by atoms with van der Waals surface area (Å²) in [6.45, 7) is 7.92. The van der Waals surface area contributed by atoms with E-state index in [9.17, 15) is 8.42 Å². The quantitative estimate of drug-likeness (QED) is 0.872. The summed E-state index contributed by atoms with van der Waals surface area (Å²) in [5, 5.41) is 0. The molecular formula is C15H24N2O2S. The Bertz CT molecular complexity index is 593. The van der Waals surface area contributed by atoms with Gasteiger partial charge in [-0.2, -0.15) is 0 Å². The van der Waals surface area contributed by atoms with E-state index in [0.717, 1.165) is 35.1 Å². The minimum atomic E-state index is -3.50. The molecule has 1 saturated carbocycles. The molecule has 0 heterocycles. The Morgan fingerprint density at radius 3 is 2.15 bits per heavy atom. The van der Waals surface area contributed by atoms with Crippen LogP contribution in [0.15, 0.2) is 11.0 Å². The van der Waals surface area contributed by atoms with Crippen molar-refractivity contribution in [3.8, 4) is 0 Å². The van der Waals surface area contributed by atoms with E-state index >= 15 is 0 Å². The van der Waals surface area contributed by atoms with E-state index in [4.69, 9.17) is 5.73 Å². The van der Waals surface area contributed by atoms with Gasteiger partial charge in [-0.15, -0.1) is 0 Å². The lowest BCUT2D eigenvalue weighted by atomic mass is 10.0. The highest BCUT2D eigenvalue weighted by Crippen LogP contribution is 2.31. The van der Waals surface area contributed by atoms with Gasteiger partial charge in [0.2, 0.25) is 10.0 Å². The van der Waals surface area contributed by atoms with Crippen molar-refractivity contribution < 1.29 is 8.42 Å². The molecular weight excluding hydrogens is 272 g/mol. The largest absolute Gasteiger partial charge is 0.326 e. The molecule has 1 unspecified atom stereocenters. The summed E-state index contributed by atoms with van der Waals surface area (Å²) < 4.78 is 27.8. The number of nitrogens with two attached hydrogens (primary N) is 1. The van der Waals surface area contributed by atoms with Gasteiger partial charge in [0.05, 0.1) is 4.90 Å². The second kappa shape index (κ2) is 5.47. The van der Waals surface area contributed by atoms with Crippen molar-refractivity contribution in [3.63, 3.8) is 0 Å². The summed E-state index contributed by atoms with van der Waals surface area (Å²) in [5.74, 6) is 0.485. The first-order valence-corrected chi connectivity index (χ1v) is 8.55. The smallest absolute Gasteiger partial charge is 0.241 e. The third-order valence-corrected chi connectivity index (χ3v) is 6.00. The summed E-state index contributed by atoms with van der Waals surface area (Å²) in [6.07, 6.45) is 2.23. The van der Waals surface area contributed by atoms with Crippen LogP contribution in [0.3, 0.4) is 0 Å². The number of rotatable bonds is 5. The molecule has 2 rings (SSSR count). The van der Waals surface area contributed by atoms with Crippen molar-refractivity contribution in [2.24, 2.45) is 11.7 Å². The fourth-order valence-corrected chi connectivity index (χ4v) is 4.24. The zero-order valence-electron chi connectivity index (χ0n) is 12.7. The SMILES string of the molecule is Cc1cc(C)c(C)c(S(=O)(=O)NCC(N)C2CC2)c1C. The third-order valence-electron chi connectivity index (χ3n) is 4.30. The van der Waals surface area contributed by atoms with Crippen molar-refractivity contribution in [2.75, 3.05) is 6.54 Å². The normalized spacial score (nSPS) is 17.2. The van der Waals surface area contributed by atoms with Crippen LogP contribution in [0, 0.1) is 33.6 Å². The van der Waals surface area contributed by atoms with Crippen molar-refractivity contribution in [1.29, 1.82) is 0 Å². The Kier molecular flexibility index (Phi) is 4.23. The minimum Gasteiger partial charge on any atom is -0.326 e. The van der Waals surface area contributed by atoms with E-state index in [1.807, 2.05) is 33.8 Å². The fraction of sp³-hybridized carbons (Fsp3) is 0.600. The topological polar surface area (TPSA) is 72.2 Å². The molecule has 0 aromatic heterocycles. The molecule has 4 nitrogen and oxygen atoms in total. The molecule has 5 heteroatoms. The second-order valence-corrected chi connectivity index (χ2v) is 7.65. The maximum absolute atomic E-state index is 12.6. The van der Waals surface area contributed by atoms with Gasteiger partial charge in [-0.05, 0) is 68.7 Å². The minimum absolute atomic E-state index is 0.0729. The molecule has 112 valence electrons. The van der Waals surface area contributed by atoms with Crippen molar-refractivity contribution in [1.82, 2.24) is 4.72 Å². The van der Waals surface area contributed by atoms with Gasteiger partial charge in [0, 0.05) is 12.6 Å². The predicted molar refractivity (Wildman–Crippen MR) is 81.3 cm³/mol. The van der Waals surface area contributed by atoms with E-state index in [1.54, 1.807) is 0 Å². The first-order chi connectivity index (χ1) is 9.24. The summed E-state index contributed by atoms with van der Waals surface area (Å²) in [7, 11) is -3.50. The summed E-state index contributed by atoms with van der Waals surface area (Å²) in [5.41, 5.74) is 9.61. The van der Waals surface area contributed by atoms with Crippen molar-refractivity contribution >= 4 is 10.0 Å². The summed E-state index contributed by atoms with van der Waals surface area (Å²) in [6, 6.07) is 1.95. The maximum Gasteiger partial charge on any atom is 0.241 e. The van der Waals surface area contributed by atoms with Crippen molar-refractivity contribution in [2.45, 2.75) is 51.5 Å². The van der Waals surface area contributed by atoms with Crippen molar-refractivity contribution in [3.05, 3.63) is 28.3 Å². The number of sulfonamides is 1. The number of hydrogen-bond acceptors (Lipinski definition) is 3. The van der Waals surface area contributed by atoms with Crippen LogP contribution >= 0.6 is 0 Å². The third kappa shape index (κ3) is 3.05. The fourth-order valence-electron chi connectivity index (χ4n) is 2.55. The van der Waals surface area contributed by atoms with E-state index in [2.05, 4.69) is 4.72 Å². The lowest BCUT2D eigenvalue weighted by Crippen LogP contribution is -2.39. The van der Waals surface area contributed by atoms with Crippen LogP contribution in [0.2, 0.25) is 0 Å².